The first-order valence-electron chi connectivity index (χ1n) is 10.4. The maximum Gasteiger partial charge on any atom is 0.407 e. The van der Waals surface area contributed by atoms with Crippen LogP contribution in [-0.4, -0.2) is 43.1 Å². The number of aryl methyl sites for hydroxylation is 2. The van der Waals surface area contributed by atoms with E-state index in [0.717, 1.165) is 12.0 Å². The maximum atomic E-state index is 13.3. The van der Waals surface area contributed by atoms with Crippen LogP contribution in [0.1, 0.15) is 70.4 Å². The Balaban J connectivity index is 2.11. The summed E-state index contributed by atoms with van der Waals surface area (Å²) in [6.07, 6.45) is 0.750. The van der Waals surface area contributed by atoms with E-state index in [1.165, 1.54) is 7.11 Å². The van der Waals surface area contributed by atoms with Gasteiger partial charge in [0.05, 0.1) is 24.8 Å². The fourth-order valence-electron chi connectivity index (χ4n) is 3.32. The first-order chi connectivity index (χ1) is 14.5. The summed E-state index contributed by atoms with van der Waals surface area (Å²) < 4.78 is 10.1. The van der Waals surface area contributed by atoms with Crippen molar-refractivity contribution in [2.75, 3.05) is 20.3 Å². The Morgan fingerprint density at radius 1 is 1.03 bits per heavy atom. The number of aromatic amines is 1. The zero-order valence-corrected chi connectivity index (χ0v) is 19.2. The highest BCUT2D eigenvalue weighted by atomic mass is 16.5. The molecule has 2 N–H and O–H groups in total. The second kappa shape index (κ2) is 10.3. The van der Waals surface area contributed by atoms with E-state index in [0.29, 0.717) is 42.1 Å². The molecular formula is C24H32N2O5. The molecule has 0 radical (unpaired) electrons. The zero-order valence-electron chi connectivity index (χ0n) is 19.2. The molecule has 0 atom stereocenters. The Morgan fingerprint density at radius 3 is 2.32 bits per heavy atom. The van der Waals surface area contributed by atoms with Gasteiger partial charge < -0.3 is 19.8 Å². The molecule has 1 heterocycles. The van der Waals surface area contributed by atoms with Gasteiger partial charge in [0.2, 0.25) is 0 Å². The van der Waals surface area contributed by atoms with Crippen molar-refractivity contribution >= 4 is 17.8 Å². The molecule has 0 aliphatic carbocycles. The lowest BCUT2D eigenvalue weighted by Crippen LogP contribution is -2.28. The van der Waals surface area contributed by atoms with E-state index in [-0.39, 0.29) is 16.8 Å². The number of alkyl carbamates (subject to hydrolysis) is 1. The van der Waals surface area contributed by atoms with Crippen LogP contribution in [-0.2, 0) is 15.9 Å². The molecule has 168 valence electrons. The van der Waals surface area contributed by atoms with Gasteiger partial charge in [0.1, 0.15) is 0 Å². The molecule has 0 unspecified atom stereocenters. The second-order valence-electron chi connectivity index (χ2n) is 8.73. The largest absolute Gasteiger partial charge is 0.465 e. The summed E-state index contributed by atoms with van der Waals surface area (Å²) in [5, 5.41) is 2.72. The maximum absolute atomic E-state index is 13.3. The number of ketones is 1. The molecule has 1 aromatic carbocycles. The lowest BCUT2D eigenvalue weighted by atomic mass is 9.93. The number of aromatic nitrogens is 1. The van der Waals surface area contributed by atoms with Crippen LogP contribution in [0.15, 0.2) is 24.3 Å². The van der Waals surface area contributed by atoms with Crippen LogP contribution in [0.2, 0.25) is 0 Å². The molecule has 1 amide bonds. The van der Waals surface area contributed by atoms with Crippen molar-refractivity contribution in [2.45, 2.75) is 47.5 Å². The lowest BCUT2D eigenvalue weighted by molar-refractivity contribution is 0.0597. The van der Waals surface area contributed by atoms with E-state index in [4.69, 9.17) is 9.47 Å². The molecular weight excluding hydrogens is 396 g/mol. The number of methoxy groups -OCH3 is 1. The number of nitrogens with one attached hydrogen (secondary N) is 2. The van der Waals surface area contributed by atoms with Crippen LogP contribution in [0.25, 0.3) is 0 Å². The van der Waals surface area contributed by atoms with Crippen molar-refractivity contribution in [3.8, 4) is 0 Å². The van der Waals surface area contributed by atoms with Gasteiger partial charge in [-0.25, -0.2) is 9.59 Å². The number of esters is 1. The minimum atomic E-state index is -0.553. The minimum absolute atomic E-state index is 0.0946. The van der Waals surface area contributed by atoms with Crippen molar-refractivity contribution in [3.63, 3.8) is 0 Å². The topological polar surface area (TPSA) is 97.5 Å². The average Bonchev–Trinajstić information content (AvgIpc) is 3.00. The molecule has 0 saturated heterocycles. The van der Waals surface area contributed by atoms with Crippen LogP contribution in [0.5, 0.6) is 0 Å². The minimum Gasteiger partial charge on any atom is -0.465 e. The molecule has 0 spiro atoms. The molecule has 31 heavy (non-hydrogen) atoms. The summed E-state index contributed by atoms with van der Waals surface area (Å²) in [7, 11) is 1.29. The third-order valence-electron chi connectivity index (χ3n) is 5.00. The molecule has 0 bridgehead atoms. The molecule has 0 aliphatic heterocycles. The van der Waals surface area contributed by atoms with Gasteiger partial charge in [0.15, 0.2) is 5.78 Å². The number of H-pyrrole nitrogens is 1. The molecule has 0 saturated carbocycles. The third-order valence-corrected chi connectivity index (χ3v) is 5.00. The van der Waals surface area contributed by atoms with E-state index in [1.54, 1.807) is 26.0 Å². The van der Waals surface area contributed by atoms with E-state index >= 15 is 0 Å². The molecule has 2 aromatic rings. The van der Waals surface area contributed by atoms with Gasteiger partial charge >= 0.3 is 12.1 Å². The number of rotatable bonds is 8. The SMILES string of the molecule is COC(=O)c1c(C)[nH]c(C)c1C(=O)c1ccccc1CCNC(=O)OCCC(C)(C)C. The van der Waals surface area contributed by atoms with Crippen LogP contribution >= 0.6 is 0 Å². The molecule has 0 aliphatic rings. The summed E-state index contributed by atoms with van der Waals surface area (Å²) >= 11 is 0. The van der Waals surface area contributed by atoms with E-state index in [2.05, 4.69) is 31.1 Å². The predicted octanol–water partition coefficient (Wildman–Crippen LogP) is 4.35. The number of carbonyl (C=O) groups is 3. The summed E-state index contributed by atoms with van der Waals surface area (Å²) in [4.78, 5) is 40.5. The number of hydrogen-bond acceptors (Lipinski definition) is 5. The first kappa shape index (κ1) is 24.2. The normalized spacial score (nSPS) is 11.2. The standard InChI is InChI=1S/C24H32N2O5/c1-15-19(20(16(2)26-15)22(28)30-6)21(27)18-10-8-7-9-17(18)11-13-25-23(29)31-14-12-24(3,4)5/h7-10,26H,11-14H2,1-6H3,(H,25,29). The number of hydrogen-bond donors (Lipinski definition) is 2. The fourth-order valence-corrected chi connectivity index (χ4v) is 3.32. The molecule has 1 aromatic heterocycles. The highest BCUT2D eigenvalue weighted by Crippen LogP contribution is 2.24. The summed E-state index contributed by atoms with van der Waals surface area (Å²) in [6, 6.07) is 7.18. The summed E-state index contributed by atoms with van der Waals surface area (Å²) in [5.74, 6) is -0.812. The van der Waals surface area contributed by atoms with Crippen LogP contribution in [0, 0.1) is 19.3 Å². The van der Waals surface area contributed by atoms with Crippen LogP contribution < -0.4 is 5.32 Å². The molecule has 7 heteroatoms. The Bertz CT molecular complexity index is 953. The molecule has 0 fully saturated rings. The van der Waals surface area contributed by atoms with Crippen LogP contribution in [0.4, 0.5) is 4.79 Å². The van der Waals surface area contributed by atoms with E-state index in [9.17, 15) is 14.4 Å². The van der Waals surface area contributed by atoms with Crippen molar-refractivity contribution in [1.29, 1.82) is 0 Å². The fraction of sp³-hybridized carbons (Fsp3) is 0.458. The highest BCUT2D eigenvalue weighted by molar-refractivity contribution is 6.16. The predicted molar refractivity (Wildman–Crippen MR) is 119 cm³/mol. The summed E-state index contributed by atoms with van der Waals surface area (Å²) in [5.41, 5.74) is 3.11. The number of carbonyl (C=O) groups excluding carboxylic acids is 3. The van der Waals surface area contributed by atoms with Gasteiger partial charge in [-0.3, -0.25) is 4.79 Å². The van der Waals surface area contributed by atoms with E-state index in [1.807, 2.05) is 12.1 Å². The smallest absolute Gasteiger partial charge is 0.407 e. The Hall–Kier alpha value is -3.09. The third kappa shape index (κ3) is 6.44. The number of benzene rings is 1. The Morgan fingerprint density at radius 2 is 1.68 bits per heavy atom. The average molecular weight is 429 g/mol. The van der Waals surface area contributed by atoms with Gasteiger partial charge in [0, 0.05) is 23.5 Å². The van der Waals surface area contributed by atoms with E-state index < -0.39 is 12.1 Å². The number of amides is 1. The van der Waals surface area contributed by atoms with Crippen molar-refractivity contribution in [2.24, 2.45) is 5.41 Å². The molecule has 7 nitrogen and oxygen atoms in total. The van der Waals surface area contributed by atoms with Crippen molar-refractivity contribution in [1.82, 2.24) is 10.3 Å². The van der Waals surface area contributed by atoms with Crippen LogP contribution in [0.3, 0.4) is 0 Å². The van der Waals surface area contributed by atoms with Gasteiger partial charge in [0.25, 0.3) is 0 Å². The van der Waals surface area contributed by atoms with Crippen molar-refractivity contribution < 1.29 is 23.9 Å². The quantitative estimate of drug-likeness (QED) is 0.481. The molecule has 2 rings (SSSR count). The Labute approximate surface area is 183 Å². The monoisotopic (exact) mass is 428 g/mol. The zero-order chi connectivity index (χ0) is 23.2. The van der Waals surface area contributed by atoms with Gasteiger partial charge in [-0.1, -0.05) is 45.0 Å². The first-order valence-corrected chi connectivity index (χ1v) is 10.4. The summed E-state index contributed by atoms with van der Waals surface area (Å²) in [6.45, 7) is 10.4. The van der Waals surface area contributed by atoms with Gasteiger partial charge in [-0.05, 0) is 37.7 Å². The highest BCUT2D eigenvalue weighted by Gasteiger charge is 2.26. The van der Waals surface area contributed by atoms with Gasteiger partial charge in [-0.2, -0.15) is 0 Å². The number of ether oxygens (including phenoxy) is 2. The lowest BCUT2D eigenvalue weighted by Gasteiger charge is -2.17. The Kier molecular flexibility index (Phi) is 8.02. The van der Waals surface area contributed by atoms with Crippen molar-refractivity contribution in [3.05, 3.63) is 57.9 Å². The second-order valence-corrected chi connectivity index (χ2v) is 8.73. The van der Waals surface area contributed by atoms with Gasteiger partial charge in [-0.15, -0.1) is 0 Å².